The molecule has 0 atom stereocenters. The third kappa shape index (κ3) is 3.35. The van der Waals surface area contributed by atoms with Gasteiger partial charge in [-0.05, 0) is 24.3 Å². The van der Waals surface area contributed by atoms with Crippen LogP contribution < -0.4 is 9.47 Å². The zero-order valence-corrected chi connectivity index (χ0v) is 12.9. The second kappa shape index (κ2) is 6.36. The lowest BCUT2D eigenvalue weighted by Crippen LogP contribution is -2.52. The van der Waals surface area contributed by atoms with Gasteiger partial charge in [0.1, 0.15) is 0 Å². The summed E-state index contributed by atoms with van der Waals surface area (Å²) in [6.45, 7) is 0. The fourth-order valence-corrected chi connectivity index (χ4v) is 2.21. The van der Waals surface area contributed by atoms with Crippen molar-refractivity contribution in [1.29, 1.82) is 0 Å². The van der Waals surface area contributed by atoms with Crippen molar-refractivity contribution in [2.45, 2.75) is 25.1 Å². The van der Waals surface area contributed by atoms with Crippen LogP contribution in [0, 0.1) is 0 Å². The average Bonchev–Trinajstić information content (AvgIpc) is 2.60. The Hall–Kier alpha value is -3.04. The van der Waals surface area contributed by atoms with Gasteiger partial charge in [-0.2, -0.15) is 27.8 Å². The normalized spacial score (nSPS) is 16.8. The molecule has 0 bridgehead atoms. The first-order valence-corrected chi connectivity index (χ1v) is 7.30. The molecule has 136 valence electrons. The fourth-order valence-electron chi connectivity index (χ4n) is 2.21. The molecule has 0 saturated carbocycles. The van der Waals surface area contributed by atoms with E-state index in [1.54, 1.807) is 0 Å². The highest BCUT2D eigenvalue weighted by molar-refractivity contribution is 6.02. The van der Waals surface area contributed by atoms with Gasteiger partial charge < -0.3 is 9.47 Å². The third-order valence-electron chi connectivity index (χ3n) is 3.57. The molecule has 0 spiro atoms. The summed E-state index contributed by atoms with van der Waals surface area (Å²) in [6.07, 6.45) is -7.48. The summed E-state index contributed by atoms with van der Waals surface area (Å²) < 4.78 is 60.5. The molecule has 1 aromatic heterocycles. The molecule has 0 N–H and O–H groups in total. The number of ether oxygens (including phenoxy) is 2. The first-order chi connectivity index (χ1) is 12.2. The number of carbonyl (C=O) groups is 2. The zero-order valence-electron chi connectivity index (χ0n) is 12.9. The number of halogens is 4. The SMILES string of the molecule is O=C(CCC(=O)c1ccc2c(c1)OC(F)(F)C(F)(F)O2)c1ccnnc1. The smallest absolute Gasteiger partial charge is 0.421 e. The third-order valence-corrected chi connectivity index (χ3v) is 3.57. The Balaban J connectivity index is 1.71. The Morgan fingerprint density at radius 2 is 1.46 bits per heavy atom. The maximum Gasteiger partial charge on any atom is 0.507 e. The van der Waals surface area contributed by atoms with Crippen molar-refractivity contribution in [1.82, 2.24) is 10.2 Å². The molecule has 0 unspecified atom stereocenters. The van der Waals surface area contributed by atoms with Crippen LogP contribution in [0.3, 0.4) is 0 Å². The number of fused-ring (bicyclic) bond motifs is 1. The largest absolute Gasteiger partial charge is 0.507 e. The summed E-state index contributed by atoms with van der Waals surface area (Å²) >= 11 is 0. The van der Waals surface area contributed by atoms with E-state index < -0.39 is 29.5 Å². The molecule has 1 aliphatic rings. The number of ketones is 2. The Kier molecular flexibility index (Phi) is 4.34. The molecule has 0 aliphatic carbocycles. The molecule has 1 aliphatic heterocycles. The van der Waals surface area contributed by atoms with Crippen LogP contribution in [0.1, 0.15) is 33.6 Å². The minimum absolute atomic E-state index is 0.0750. The number of aromatic nitrogens is 2. The van der Waals surface area contributed by atoms with E-state index in [4.69, 9.17) is 0 Å². The van der Waals surface area contributed by atoms with Crippen LogP contribution in [0.15, 0.2) is 36.7 Å². The Morgan fingerprint density at radius 1 is 0.846 bits per heavy atom. The minimum atomic E-state index is -4.87. The summed E-state index contributed by atoms with van der Waals surface area (Å²) in [5.74, 6) is -2.20. The highest BCUT2D eigenvalue weighted by atomic mass is 19.3. The number of nitrogens with zero attached hydrogens (tertiary/aromatic N) is 2. The molecule has 10 heteroatoms. The maximum atomic E-state index is 13.2. The Bertz CT molecular complexity index is 859. The van der Waals surface area contributed by atoms with Crippen molar-refractivity contribution in [3.8, 4) is 11.5 Å². The van der Waals surface area contributed by atoms with Crippen LogP contribution in [0.4, 0.5) is 17.6 Å². The molecule has 3 rings (SSSR count). The summed E-state index contributed by atoms with van der Waals surface area (Å²) in [7, 11) is 0. The van der Waals surface area contributed by atoms with E-state index >= 15 is 0 Å². The topological polar surface area (TPSA) is 78.4 Å². The molecule has 1 aromatic carbocycles. The lowest BCUT2D eigenvalue weighted by Gasteiger charge is -2.31. The molecule has 0 fully saturated rings. The lowest BCUT2D eigenvalue weighted by atomic mass is 10.0. The van der Waals surface area contributed by atoms with Crippen LogP contribution in [0.2, 0.25) is 0 Å². The average molecular weight is 370 g/mol. The molecule has 0 saturated heterocycles. The molecule has 0 amide bonds. The van der Waals surface area contributed by atoms with Crippen molar-refractivity contribution in [2.24, 2.45) is 0 Å². The summed E-state index contributed by atoms with van der Waals surface area (Å²) in [5, 5.41) is 7.07. The predicted octanol–water partition coefficient (Wildman–Crippen LogP) is 3.28. The molecule has 6 nitrogen and oxygen atoms in total. The monoisotopic (exact) mass is 370 g/mol. The van der Waals surface area contributed by atoms with E-state index in [9.17, 15) is 27.2 Å². The molecular weight excluding hydrogens is 360 g/mol. The van der Waals surface area contributed by atoms with E-state index in [1.807, 2.05) is 0 Å². The van der Waals surface area contributed by atoms with Gasteiger partial charge in [0.2, 0.25) is 0 Å². The van der Waals surface area contributed by atoms with Gasteiger partial charge in [-0.1, -0.05) is 0 Å². The van der Waals surface area contributed by atoms with Crippen LogP contribution in [-0.4, -0.2) is 34.0 Å². The van der Waals surface area contributed by atoms with Gasteiger partial charge in [0.25, 0.3) is 0 Å². The van der Waals surface area contributed by atoms with Gasteiger partial charge in [-0.15, -0.1) is 0 Å². The second-order valence-corrected chi connectivity index (χ2v) is 5.38. The summed E-state index contributed by atoms with van der Waals surface area (Å²) in [4.78, 5) is 24.1. The number of alkyl halides is 4. The standard InChI is InChI=1S/C16H10F4N2O4/c17-15(18)16(19,20)26-14-7-9(1-4-13(14)25-15)11(23)2-3-12(24)10-5-6-21-22-8-10/h1,4-8H,2-3H2. The van der Waals surface area contributed by atoms with Crippen LogP contribution in [-0.2, 0) is 0 Å². The van der Waals surface area contributed by atoms with Crippen molar-refractivity contribution < 1.29 is 36.6 Å². The van der Waals surface area contributed by atoms with E-state index in [1.165, 1.54) is 18.5 Å². The van der Waals surface area contributed by atoms with Gasteiger partial charge >= 0.3 is 12.2 Å². The highest BCUT2D eigenvalue weighted by Gasteiger charge is 2.65. The van der Waals surface area contributed by atoms with Crippen LogP contribution in [0.5, 0.6) is 11.5 Å². The van der Waals surface area contributed by atoms with Gasteiger partial charge in [-0.25, -0.2) is 0 Å². The van der Waals surface area contributed by atoms with Crippen molar-refractivity contribution in [2.75, 3.05) is 0 Å². The first kappa shape index (κ1) is 17.8. The predicted molar refractivity (Wildman–Crippen MR) is 77.5 cm³/mol. The molecule has 26 heavy (non-hydrogen) atoms. The van der Waals surface area contributed by atoms with Gasteiger partial charge in [0.15, 0.2) is 23.1 Å². The van der Waals surface area contributed by atoms with Gasteiger partial charge in [0, 0.05) is 24.0 Å². The quantitative estimate of drug-likeness (QED) is 0.594. The Morgan fingerprint density at radius 3 is 2.08 bits per heavy atom. The number of hydrogen-bond donors (Lipinski definition) is 0. The first-order valence-electron chi connectivity index (χ1n) is 7.30. The van der Waals surface area contributed by atoms with Crippen LogP contribution >= 0.6 is 0 Å². The van der Waals surface area contributed by atoms with E-state index in [2.05, 4.69) is 19.7 Å². The van der Waals surface area contributed by atoms with Crippen LogP contribution in [0.25, 0.3) is 0 Å². The molecule has 2 aromatic rings. The van der Waals surface area contributed by atoms with Gasteiger partial charge in [-0.3, -0.25) is 9.59 Å². The number of Topliss-reactive ketones (excluding diaryl/α,β-unsaturated/α-hetero) is 2. The highest BCUT2D eigenvalue weighted by Crippen LogP contribution is 2.47. The van der Waals surface area contributed by atoms with Crippen molar-refractivity contribution in [3.63, 3.8) is 0 Å². The second-order valence-electron chi connectivity index (χ2n) is 5.38. The minimum Gasteiger partial charge on any atom is -0.421 e. The summed E-state index contributed by atoms with van der Waals surface area (Å²) in [5.41, 5.74) is 0.200. The van der Waals surface area contributed by atoms with Gasteiger partial charge in [0.05, 0.1) is 12.4 Å². The zero-order chi connectivity index (χ0) is 18.9. The molecular formula is C16H10F4N2O4. The summed E-state index contributed by atoms with van der Waals surface area (Å²) in [6, 6.07) is 4.37. The molecule has 0 radical (unpaired) electrons. The van der Waals surface area contributed by atoms with Crippen molar-refractivity contribution >= 4 is 11.6 Å². The maximum absolute atomic E-state index is 13.2. The van der Waals surface area contributed by atoms with E-state index in [-0.39, 0.29) is 29.8 Å². The van der Waals surface area contributed by atoms with Crippen molar-refractivity contribution in [3.05, 3.63) is 47.8 Å². The molecule has 2 heterocycles. The number of carbonyl (C=O) groups excluding carboxylic acids is 2. The fraction of sp³-hybridized carbons (Fsp3) is 0.250. The number of rotatable bonds is 5. The number of hydrogen-bond acceptors (Lipinski definition) is 6. The lowest BCUT2D eigenvalue weighted by molar-refractivity contribution is -0.391. The Labute approximate surface area is 143 Å². The van der Waals surface area contributed by atoms with E-state index in [0.717, 1.165) is 18.2 Å². The van der Waals surface area contributed by atoms with E-state index in [0.29, 0.717) is 0 Å². The number of benzene rings is 1.